The lowest BCUT2D eigenvalue weighted by Crippen LogP contribution is -2.47. The molecule has 190 valence electrons. The van der Waals surface area contributed by atoms with E-state index >= 15 is 0 Å². The van der Waals surface area contributed by atoms with Crippen LogP contribution in [0.1, 0.15) is 98.8 Å². The van der Waals surface area contributed by atoms with Gasteiger partial charge < -0.3 is 10.2 Å². The number of piperidine rings is 1. The summed E-state index contributed by atoms with van der Waals surface area (Å²) in [6, 6.07) is 4.12. The zero-order valence-corrected chi connectivity index (χ0v) is 22.0. The lowest BCUT2D eigenvalue weighted by molar-refractivity contribution is -0.127. The van der Waals surface area contributed by atoms with Crippen molar-refractivity contribution in [3.8, 4) is 10.6 Å². The van der Waals surface area contributed by atoms with Gasteiger partial charge in [-0.3, -0.25) is 14.6 Å². The molecule has 2 aliphatic rings. The van der Waals surface area contributed by atoms with Gasteiger partial charge in [-0.15, -0.1) is 11.3 Å². The molecule has 2 aromatic heterocycles. The van der Waals surface area contributed by atoms with Gasteiger partial charge in [0.05, 0.1) is 11.6 Å². The van der Waals surface area contributed by atoms with Crippen LogP contribution in [-0.2, 0) is 4.79 Å². The topological polar surface area (TPSA) is 75.2 Å². The highest BCUT2D eigenvalue weighted by Gasteiger charge is 2.31. The molecule has 1 atom stereocenters. The van der Waals surface area contributed by atoms with Gasteiger partial charge in [0, 0.05) is 37.1 Å². The minimum absolute atomic E-state index is 0.00125. The maximum absolute atomic E-state index is 13.4. The molecule has 1 unspecified atom stereocenters. The van der Waals surface area contributed by atoms with Crippen LogP contribution < -0.4 is 5.32 Å². The average Bonchev–Trinajstić information content (AvgIpc) is 3.27. The van der Waals surface area contributed by atoms with E-state index in [-0.39, 0.29) is 23.8 Å². The van der Waals surface area contributed by atoms with E-state index in [1.165, 1.54) is 69.1 Å². The van der Waals surface area contributed by atoms with Crippen LogP contribution in [0.5, 0.6) is 0 Å². The number of thiazole rings is 1. The van der Waals surface area contributed by atoms with Crippen LogP contribution in [0.2, 0.25) is 0 Å². The van der Waals surface area contributed by atoms with Crippen molar-refractivity contribution in [2.75, 3.05) is 13.1 Å². The van der Waals surface area contributed by atoms with Crippen molar-refractivity contribution in [2.24, 2.45) is 5.92 Å². The van der Waals surface area contributed by atoms with Crippen LogP contribution in [-0.4, -0.2) is 45.8 Å². The van der Waals surface area contributed by atoms with Gasteiger partial charge in [-0.25, -0.2) is 4.98 Å². The molecule has 2 aromatic rings. The number of nitrogens with zero attached hydrogens (tertiary/aromatic N) is 3. The summed E-state index contributed by atoms with van der Waals surface area (Å²) in [5.74, 6) is 0.00965. The molecule has 1 saturated carbocycles. The number of hydrogen-bond acceptors (Lipinski definition) is 5. The predicted octanol–water partition coefficient (Wildman–Crippen LogP) is 6.16. The highest BCUT2D eigenvalue weighted by atomic mass is 32.1. The highest BCUT2D eigenvalue weighted by Crippen LogP contribution is 2.30. The van der Waals surface area contributed by atoms with Crippen LogP contribution in [0.15, 0.2) is 24.5 Å². The van der Waals surface area contributed by atoms with Gasteiger partial charge in [-0.1, -0.05) is 57.8 Å². The first-order valence-electron chi connectivity index (χ1n) is 13.6. The van der Waals surface area contributed by atoms with Crippen molar-refractivity contribution < 1.29 is 9.59 Å². The largest absolute Gasteiger partial charge is 0.353 e. The van der Waals surface area contributed by atoms with E-state index in [9.17, 15) is 9.59 Å². The van der Waals surface area contributed by atoms with Crippen molar-refractivity contribution >= 4 is 23.2 Å². The van der Waals surface area contributed by atoms with Crippen LogP contribution in [0, 0.1) is 12.8 Å². The van der Waals surface area contributed by atoms with E-state index in [1.54, 1.807) is 12.4 Å². The molecule has 3 heterocycles. The van der Waals surface area contributed by atoms with Gasteiger partial charge in [0.1, 0.15) is 9.88 Å². The second-order valence-corrected chi connectivity index (χ2v) is 11.2. The van der Waals surface area contributed by atoms with Gasteiger partial charge in [-0.2, -0.15) is 0 Å². The Morgan fingerprint density at radius 3 is 2.31 bits per heavy atom. The van der Waals surface area contributed by atoms with Gasteiger partial charge in [-0.05, 0) is 44.7 Å². The molecule has 2 amide bonds. The van der Waals surface area contributed by atoms with E-state index in [4.69, 9.17) is 0 Å². The first kappa shape index (κ1) is 25.8. The first-order valence-corrected chi connectivity index (χ1v) is 14.4. The molecule has 1 aliphatic heterocycles. The molecule has 0 radical (unpaired) electrons. The quantitative estimate of drug-likeness (QED) is 0.550. The summed E-state index contributed by atoms with van der Waals surface area (Å²) < 4.78 is 0. The molecule has 4 rings (SSSR count). The number of aromatic nitrogens is 2. The Labute approximate surface area is 213 Å². The van der Waals surface area contributed by atoms with Crippen LogP contribution in [0.25, 0.3) is 10.6 Å². The van der Waals surface area contributed by atoms with E-state index in [0.29, 0.717) is 18.0 Å². The van der Waals surface area contributed by atoms with Crippen molar-refractivity contribution in [1.29, 1.82) is 0 Å². The van der Waals surface area contributed by atoms with Gasteiger partial charge in [0.2, 0.25) is 5.91 Å². The fourth-order valence-corrected chi connectivity index (χ4v) is 6.38. The van der Waals surface area contributed by atoms with Crippen LogP contribution >= 0.6 is 11.3 Å². The molecule has 1 saturated heterocycles. The Morgan fingerprint density at radius 2 is 1.66 bits per heavy atom. The number of amides is 2. The summed E-state index contributed by atoms with van der Waals surface area (Å²) in [5, 5.41) is 4.20. The number of likely N-dealkylation sites (tertiary alicyclic amines) is 1. The van der Waals surface area contributed by atoms with E-state index in [0.717, 1.165) is 41.9 Å². The Balaban J connectivity index is 1.35. The predicted molar refractivity (Wildman–Crippen MR) is 141 cm³/mol. The maximum atomic E-state index is 13.4. The number of nitrogens with one attached hydrogen (secondary N) is 1. The van der Waals surface area contributed by atoms with Crippen molar-refractivity contribution in [1.82, 2.24) is 20.2 Å². The summed E-state index contributed by atoms with van der Waals surface area (Å²) in [7, 11) is 0. The molecule has 1 N–H and O–H groups in total. The van der Waals surface area contributed by atoms with Crippen molar-refractivity contribution in [3.05, 3.63) is 35.1 Å². The molecular formula is C28H40N4O2S. The Hall–Kier alpha value is -2.28. The van der Waals surface area contributed by atoms with Crippen molar-refractivity contribution in [3.63, 3.8) is 0 Å². The third-order valence-electron chi connectivity index (χ3n) is 7.43. The third-order valence-corrected chi connectivity index (χ3v) is 8.62. The van der Waals surface area contributed by atoms with E-state index in [1.807, 2.05) is 24.0 Å². The fourth-order valence-electron chi connectivity index (χ4n) is 5.35. The average molecular weight is 497 g/mol. The summed E-state index contributed by atoms with van der Waals surface area (Å²) in [4.78, 5) is 37.9. The normalized spacial score (nSPS) is 21.1. The molecular weight excluding hydrogens is 456 g/mol. The standard InChI is InChI=1S/C28H40N4O2S/c1-21-25(35-27(30-21)22-13-11-17-29-19-22)28(34)32-18-12-14-23(20-32)26(33)31-24-15-9-7-5-3-2-4-6-8-10-16-24/h11,13,17,19,23-24H,2-10,12,14-16,18,20H2,1H3,(H,31,33). The Bertz CT molecular complexity index is 949. The lowest BCUT2D eigenvalue weighted by Gasteiger charge is -2.33. The fraction of sp³-hybridized carbons (Fsp3) is 0.643. The SMILES string of the molecule is Cc1nc(-c2cccnc2)sc1C(=O)N1CCCC(C(=O)NC2CCCCCCCCCCC2)C1. The van der Waals surface area contributed by atoms with Crippen LogP contribution in [0.4, 0.5) is 0 Å². The minimum atomic E-state index is -0.125. The van der Waals surface area contributed by atoms with Crippen LogP contribution in [0.3, 0.4) is 0 Å². The maximum Gasteiger partial charge on any atom is 0.265 e. The number of carbonyl (C=O) groups excluding carboxylic acids is 2. The highest BCUT2D eigenvalue weighted by molar-refractivity contribution is 7.17. The lowest BCUT2D eigenvalue weighted by atomic mass is 9.94. The number of hydrogen-bond donors (Lipinski definition) is 1. The Morgan fingerprint density at radius 1 is 0.971 bits per heavy atom. The number of aryl methyl sites for hydroxylation is 1. The molecule has 0 bridgehead atoms. The number of rotatable bonds is 4. The third kappa shape index (κ3) is 7.35. The van der Waals surface area contributed by atoms with Crippen molar-refractivity contribution in [2.45, 2.75) is 96.4 Å². The van der Waals surface area contributed by atoms with Gasteiger partial charge in [0.15, 0.2) is 0 Å². The summed E-state index contributed by atoms with van der Waals surface area (Å²) >= 11 is 1.42. The summed E-state index contributed by atoms with van der Waals surface area (Å²) in [6.07, 6.45) is 19.0. The monoisotopic (exact) mass is 496 g/mol. The van der Waals surface area contributed by atoms with Gasteiger partial charge in [0.25, 0.3) is 5.91 Å². The second kappa shape index (κ2) is 13.1. The number of pyridine rings is 1. The molecule has 1 aliphatic carbocycles. The van der Waals surface area contributed by atoms with E-state index < -0.39 is 0 Å². The second-order valence-electron chi connectivity index (χ2n) is 10.2. The zero-order valence-electron chi connectivity index (χ0n) is 21.1. The number of carbonyl (C=O) groups is 2. The molecule has 0 aromatic carbocycles. The summed E-state index contributed by atoms with van der Waals surface area (Å²) in [5.41, 5.74) is 1.67. The molecule has 2 fully saturated rings. The molecule has 6 nitrogen and oxygen atoms in total. The van der Waals surface area contributed by atoms with E-state index in [2.05, 4.69) is 15.3 Å². The smallest absolute Gasteiger partial charge is 0.265 e. The molecule has 7 heteroatoms. The molecule has 35 heavy (non-hydrogen) atoms. The zero-order chi connectivity index (χ0) is 24.5. The van der Waals surface area contributed by atoms with Gasteiger partial charge >= 0.3 is 0 Å². The summed E-state index contributed by atoms with van der Waals surface area (Å²) in [6.45, 7) is 3.09. The molecule has 0 spiro atoms. The Kier molecular flexibility index (Phi) is 9.69. The first-order chi connectivity index (χ1) is 17.1. The minimum Gasteiger partial charge on any atom is -0.353 e.